The molecule has 0 spiro atoms. The van der Waals surface area contributed by atoms with Crippen LogP contribution in [0.2, 0.25) is 0 Å². The maximum atomic E-state index is 12.1. The van der Waals surface area contributed by atoms with Crippen molar-refractivity contribution < 1.29 is 13.2 Å². The molecule has 0 aromatic heterocycles. The molecule has 1 aliphatic rings. The second-order valence-electron chi connectivity index (χ2n) is 5.93. The van der Waals surface area contributed by atoms with Crippen LogP contribution in [-0.4, -0.2) is 38.0 Å². The zero-order valence-electron chi connectivity index (χ0n) is 10.9. The summed E-state index contributed by atoms with van der Waals surface area (Å²) in [6.07, 6.45) is 1.80. The highest BCUT2D eigenvalue weighted by Crippen LogP contribution is 2.29. The molecule has 102 valence electrons. The normalized spacial score (nSPS) is 23.9. The van der Waals surface area contributed by atoms with E-state index in [0.717, 1.165) is 18.2 Å². The Hall–Kier alpha value is 0.390. The van der Waals surface area contributed by atoms with Gasteiger partial charge in [-0.3, -0.25) is 0 Å². The maximum Gasteiger partial charge on any atom is 0.153 e. The quantitative estimate of drug-likeness (QED) is 0.729. The second kappa shape index (κ2) is 6.02. The molecule has 0 amide bonds. The Labute approximate surface area is 113 Å². The van der Waals surface area contributed by atoms with Crippen LogP contribution in [0.15, 0.2) is 0 Å². The molecule has 5 heteroatoms. The summed E-state index contributed by atoms with van der Waals surface area (Å²) in [5.41, 5.74) is 0.00705. The molecule has 2 atom stereocenters. The molecule has 17 heavy (non-hydrogen) atoms. The average molecular weight is 327 g/mol. The number of halogens is 1. The van der Waals surface area contributed by atoms with E-state index in [1.807, 2.05) is 0 Å². The van der Waals surface area contributed by atoms with Gasteiger partial charge in [-0.25, -0.2) is 8.42 Å². The number of hydrogen-bond donors (Lipinski definition) is 0. The van der Waals surface area contributed by atoms with E-state index in [4.69, 9.17) is 4.74 Å². The van der Waals surface area contributed by atoms with Gasteiger partial charge in [0.05, 0.1) is 17.6 Å². The summed E-state index contributed by atoms with van der Waals surface area (Å²) in [5, 5.41) is 0.723. The third-order valence-electron chi connectivity index (χ3n) is 3.33. The summed E-state index contributed by atoms with van der Waals surface area (Å²) in [7, 11) is -3.01. The van der Waals surface area contributed by atoms with E-state index in [0.29, 0.717) is 6.61 Å². The fourth-order valence-corrected chi connectivity index (χ4v) is 5.66. The molecule has 0 radical (unpaired) electrons. The van der Waals surface area contributed by atoms with E-state index in [1.165, 1.54) is 0 Å². The minimum Gasteiger partial charge on any atom is -0.377 e. The first-order valence-corrected chi connectivity index (χ1v) is 9.07. The van der Waals surface area contributed by atoms with Crippen LogP contribution in [0.1, 0.15) is 33.6 Å². The van der Waals surface area contributed by atoms with E-state index in [2.05, 4.69) is 36.7 Å². The summed E-state index contributed by atoms with van der Waals surface area (Å²) in [4.78, 5) is 0. The van der Waals surface area contributed by atoms with Crippen molar-refractivity contribution in [3.05, 3.63) is 0 Å². The van der Waals surface area contributed by atoms with Crippen LogP contribution in [0.4, 0.5) is 0 Å². The van der Waals surface area contributed by atoms with E-state index >= 15 is 0 Å². The number of rotatable bonds is 5. The number of sulfone groups is 1. The number of hydrogen-bond acceptors (Lipinski definition) is 3. The van der Waals surface area contributed by atoms with Crippen molar-refractivity contribution >= 4 is 25.8 Å². The monoisotopic (exact) mass is 326 g/mol. The Kier molecular flexibility index (Phi) is 5.47. The minimum atomic E-state index is -3.01. The van der Waals surface area contributed by atoms with E-state index in [-0.39, 0.29) is 28.9 Å². The van der Waals surface area contributed by atoms with Gasteiger partial charge in [0.1, 0.15) is 0 Å². The highest BCUT2D eigenvalue weighted by atomic mass is 79.9. The van der Waals surface area contributed by atoms with Crippen molar-refractivity contribution in [2.24, 2.45) is 11.3 Å². The summed E-state index contributed by atoms with van der Waals surface area (Å²) in [6.45, 7) is 6.96. The SMILES string of the molecule is CC(C)(C)C(CBr)CS(=O)(=O)CC1CCCO1. The van der Waals surface area contributed by atoms with Crippen molar-refractivity contribution in [1.82, 2.24) is 0 Å². The lowest BCUT2D eigenvalue weighted by molar-refractivity contribution is 0.127. The van der Waals surface area contributed by atoms with Crippen molar-refractivity contribution in [3.63, 3.8) is 0 Å². The summed E-state index contributed by atoms with van der Waals surface area (Å²) >= 11 is 3.42. The Morgan fingerprint density at radius 2 is 2.06 bits per heavy atom. The largest absolute Gasteiger partial charge is 0.377 e. The zero-order chi connectivity index (χ0) is 13.1. The third-order valence-corrected chi connectivity index (χ3v) is 5.90. The van der Waals surface area contributed by atoms with Crippen LogP contribution in [0.3, 0.4) is 0 Å². The number of alkyl halides is 1. The van der Waals surface area contributed by atoms with Crippen molar-refractivity contribution in [3.8, 4) is 0 Å². The molecular weight excluding hydrogens is 304 g/mol. The fraction of sp³-hybridized carbons (Fsp3) is 1.00. The van der Waals surface area contributed by atoms with Crippen molar-refractivity contribution in [2.45, 2.75) is 39.7 Å². The lowest BCUT2D eigenvalue weighted by atomic mass is 9.83. The van der Waals surface area contributed by atoms with Crippen LogP contribution < -0.4 is 0 Å². The molecule has 0 aliphatic carbocycles. The fourth-order valence-electron chi connectivity index (χ4n) is 1.96. The third kappa shape index (κ3) is 5.26. The van der Waals surface area contributed by atoms with Gasteiger partial charge < -0.3 is 4.74 Å². The second-order valence-corrected chi connectivity index (χ2v) is 8.73. The van der Waals surface area contributed by atoms with Gasteiger partial charge in [-0.15, -0.1) is 0 Å². The molecule has 0 bridgehead atoms. The Bertz CT molecular complexity index is 326. The Morgan fingerprint density at radius 1 is 1.41 bits per heavy atom. The van der Waals surface area contributed by atoms with Gasteiger partial charge in [-0.05, 0) is 24.2 Å². The maximum absolute atomic E-state index is 12.1. The predicted octanol–water partition coefficient (Wildman–Crippen LogP) is 2.64. The highest BCUT2D eigenvalue weighted by Gasteiger charge is 2.31. The Balaban J connectivity index is 2.58. The van der Waals surface area contributed by atoms with Crippen molar-refractivity contribution in [2.75, 3.05) is 23.4 Å². The van der Waals surface area contributed by atoms with E-state index < -0.39 is 9.84 Å². The predicted molar refractivity (Wildman–Crippen MR) is 74.4 cm³/mol. The van der Waals surface area contributed by atoms with Gasteiger partial charge in [-0.1, -0.05) is 36.7 Å². The van der Waals surface area contributed by atoms with Crippen LogP contribution in [-0.2, 0) is 14.6 Å². The molecule has 1 fully saturated rings. The molecule has 3 nitrogen and oxygen atoms in total. The number of ether oxygens (including phenoxy) is 1. The van der Waals surface area contributed by atoms with Gasteiger partial charge in [0.15, 0.2) is 9.84 Å². The molecule has 1 rings (SSSR count). The minimum absolute atomic E-state index is 0.00705. The molecule has 0 saturated carbocycles. The van der Waals surface area contributed by atoms with Crippen LogP contribution in [0, 0.1) is 11.3 Å². The lowest BCUT2D eigenvalue weighted by Crippen LogP contribution is -2.33. The first kappa shape index (κ1) is 15.4. The van der Waals surface area contributed by atoms with Gasteiger partial charge >= 0.3 is 0 Å². The average Bonchev–Trinajstić information content (AvgIpc) is 2.64. The molecule has 1 saturated heterocycles. The van der Waals surface area contributed by atoms with Gasteiger partial charge in [-0.2, -0.15) is 0 Å². The van der Waals surface area contributed by atoms with Gasteiger partial charge in [0, 0.05) is 11.9 Å². The zero-order valence-corrected chi connectivity index (χ0v) is 13.3. The van der Waals surface area contributed by atoms with Crippen LogP contribution >= 0.6 is 15.9 Å². The lowest BCUT2D eigenvalue weighted by Gasteiger charge is -2.29. The topological polar surface area (TPSA) is 43.4 Å². The smallest absolute Gasteiger partial charge is 0.153 e. The van der Waals surface area contributed by atoms with Crippen LogP contribution in [0.5, 0.6) is 0 Å². The van der Waals surface area contributed by atoms with Gasteiger partial charge in [0.25, 0.3) is 0 Å². The molecule has 1 aliphatic heterocycles. The molecule has 0 aromatic carbocycles. The molecule has 0 N–H and O–H groups in total. The highest BCUT2D eigenvalue weighted by molar-refractivity contribution is 9.09. The van der Waals surface area contributed by atoms with Crippen molar-refractivity contribution in [1.29, 1.82) is 0 Å². The van der Waals surface area contributed by atoms with E-state index in [9.17, 15) is 8.42 Å². The standard InChI is InChI=1S/C12H23BrO3S/c1-12(2,3)10(7-13)8-17(14,15)9-11-5-4-6-16-11/h10-11H,4-9H2,1-3H3. The molecule has 1 heterocycles. The first-order chi connectivity index (χ1) is 7.74. The molecule has 0 aromatic rings. The van der Waals surface area contributed by atoms with Crippen LogP contribution in [0.25, 0.3) is 0 Å². The molecular formula is C12H23BrO3S. The van der Waals surface area contributed by atoms with Gasteiger partial charge in [0.2, 0.25) is 0 Å². The summed E-state index contributed by atoms with van der Waals surface area (Å²) in [6, 6.07) is 0. The van der Waals surface area contributed by atoms with E-state index in [1.54, 1.807) is 0 Å². The summed E-state index contributed by atoms with van der Waals surface area (Å²) < 4.78 is 29.6. The summed E-state index contributed by atoms with van der Waals surface area (Å²) in [5.74, 6) is 0.586. The Morgan fingerprint density at radius 3 is 2.47 bits per heavy atom. The first-order valence-electron chi connectivity index (χ1n) is 6.12. The molecule has 2 unspecified atom stereocenters.